The first kappa shape index (κ1) is 15.3. The van der Waals surface area contributed by atoms with E-state index >= 15 is 0 Å². The first-order valence-corrected chi connectivity index (χ1v) is 8.22. The molecule has 0 aromatic heterocycles. The molecule has 3 heteroatoms. The lowest BCUT2D eigenvalue weighted by Gasteiger charge is -2.40. The van der Waals surface area contributed by atoms with Crippen LogP contribution >= 0.6 is 0 Å². The van der Waals surface area contributed by atoms with Gasteiger partial charge in [-0.25, -0.2) is 0 Å². The predicted molar refractivity (Wildman–Crippen MR) is 78.1 cm³/mol. The Balaban J connectivity index is 1.89. The molecule has 2 rings (SSSR count). The van der Waals surface area contributed by atoms with Crippen LogP contribution in [-0.2, 0) is 0 Å². The molecule has 0 radical (unpaired) electrons. The minimum Gasteiger partial charge on any atom is -0.396 e. The molecule has 1 heterocycles. The minimum absolute atomic E-state index is 0.164. The van der Waals surface area contributed by atoms with E-state index in [1.165, 1.54) is 57.9 Å². The van der Waals surface area contributed by atoms with E-state index in [0.29, 0.717) is 19.1 Å². The van der Waals surface area contributed by atoms with Gasteiger partial charge in [-0.3, -0.25) is 0 Å². The van der Waals surface area contributed by atoms with Crippen LogP contribution < -0.4 is 0 Å². The summed E-state index contributed by atoms with van der Waals surface area (Å²) >= 11 is 0. The smallest absolute Gasteiger partial charge is 0.0499 e. The monoisotopic (exact) mass is 269 g/mol. The molecular formula is C16H31NO2. The molecule has 3 nitrogen and oxygen atoms in total. The summed E-state index contributed by atoms with van der Waals surface area (Å²) in [5.41, 5.74) is 0.164. The van der Waals surface area contributed by atoms with Gasteiger partial charge >= 0.3 is 0 Å². The van der Waals surface area contributed by atoms with Crippen molar-refractivity contribution in [2.45, 2.75) is 57.8 Å². The van der Waals surface area contributed by atoms with E-state index in [1.54, 1.807) is 0 Å². The second kappa shape index (κ2) is 7.61. The largest absolute Gasteiger partial charge is 0.396 e. The molecule has 2 aliphatic rings. The van der Waals surface area contributed by atoms with Crippen molar-refractivity contribution in [1.82, 2.24) is 4.90 Å². The number of likely N-dealkylation sites (tertiary alicyclic amines) is 1. The quantitative estimate of drug-likeness (QED) is 0.753. The molecule has 0 aromatic rings. The van der Waals surface area contributed by atoms with Gasteiger partial charge in [-0.2, -0.15) is 0 Å². The topological polar surface area (TPSA) is 43.7 Å². The lowest BCUT2D eigenvalue weighted by molar-refractivity contribution is 0.0383. The lowest BCUT2D eigenvalue weighted by Crippen LogP contribution is -2.44. The Morgan fingerprint density at radius 2 is 1.74 bits per heavy atom. The van der Waals surface area contributed by atoms with E-state index in [9.17, 15) is 5.11 Å². The molecule has 2 fully saturated rings. The van der Waals surface area contributed by atoms with E-state index < -0.39 is 0 Å². The van der Waals surface area contributed by atoms with Gasteiger partial charge in [0, 0.05) is 31.7 Å². The highest BCUT2D eigenvalue weighted by Gasteiger charge is 2.33. The van der Waals surface area contributed by atoms with Gasteiger partial charge in [0.1, 0.15) is 0 Å². The van der Waals surface area contributed by atoms with Crippen LogP contribution in [0.1, 0.15) is 57.8 Å². The molecule has 19 heavy (non-hydrogen) atoms. The van der Waals surface area contributed by atoms with Crippen molar-refractivity contribution in [1.29, 1.82) is 0 Å². The van der Waals surface area contributed by atoms with Crippen LogP contribution in [0.4, 0.5) is 0 Å². The number of aliphatic hydroxyl groups is 2. The van der Waals surface area contributed by atoms with Gasteiger partial charge in [0.05, 0.1) is 0 Å². The molecule has 1 saturated carbocycles. The molecule has 1 aliphatic carbocycles. The molecule has 0 bridgehead atoms. The van der Waals surface area contributed by atoms with E-state index in [-0.39, 0.29) is 5.41 Å². The first-order valence-electron chi connectivity index (χ1n) is 8.22. The van der Waals surface area contributed by atoms with Crippen LogP contribution in [0.2, 0.25) is 0 Å². The highest BCUT2D eigenvalue weighted by molar-refractivity contribution is 4.86. The van der Waals surface area contributed by atoms with Gasteiger partial charge in [0.2, 0.25) is 0 Å². The first-order chi connectivity index (χ1) is 9.28. The average Bonchev–Trinajstić information content (AvgIpc) is 2.66. The molecule has 0 spiro atoms. The summed E-state index contributed by atoms with van der Waals surface area (Å²) < 4.78 is 0. The maximum absolute atomic E-state index is 9.90. The zero-order chi connectivity index (χ0) is 13.6. The Morgan fingerprint density at radius 3 is 2.37 bits per heavy atom. The van der Waals surface area contributed by atoms with Gasteiger partial charge in [-0.15, -0.1) is 0 Å². The summed E-state index contributed by atoms with van der Waals surface area (Å²) in [5.74, 6) is 0.667. The SMILES string of the molecule is OCCC1CCCN(CC2(CO)CCCCCC2)C1. The number of piperidine rings is 1. The third-order valence-electron chi connectivity index (χ3n) is 5.20. The summed E-state index contributed by atoms with van der Waals surface area (Å²) in [6.45, 7) is 4.06. The van der Waals surface area contributed by atoms with Crippen molar-refractivity contribution in [2.75, 3.05) is 32.8 Å². The van der Waals surface area contributed by atoms with Crippen molar-refractivity contribution in [3.05, 3.63) is 0 Å². The van der Waals surface area contributed by atoms with Gasteiger partial charge < -0.3 is 15.1 Å². The maximum atomic E-state index is 9.90. The molecule has 2 N–H and O–H groups in total. The van der Waals surface area contributed by atoms with Gasteiger partial charge in [0.15, 0.2) is 0 Å². The Labute approximate surface area is 118 Å². The van der Waals surface area contributed by atoms with Crippen LogP contribution in [0, 0.1) is 11.3 Å². The summed E-state index contributed by atoms with van der Waals surface area (Å²) in [5, 5.41) is 19.0. The highest BCUT2D eigenvalue weighted by atomic mass is 16.3. The van der Waals surface area contributed by atoms with Crippen molar-refractivity contribution < 1.29 is 10.2 Å². The van der Waals surface area contributed by atoms with Crippen LogP contribution in [0.3, 0.4) is 0 Å². The number of rotatable bonds is 5. The standard InChI is InChI=1S/C16H31NO2/c18-11-7-15-6-5-10-17(12-15)13-16(14-19)8-3-1-2-4-9-16/h15,18-19H,1-14H2. The summed E-state index contributed by atoms with van der Waals surface area (Å²) in [6, 6.07) is 0. The molecular weight excluding hydrogens is 238 g/mol. The minimum atomic E-state index is 0.164. The number of aliphatic hydroxyl groups excluding tert-OH is 2. The second-order valence-electron chi connectivity index (χ2n) is 6.83. The zero-order valence-electron chi connectivity index (χ0n) is 12.3. The summed E-state index contributed by atoms with van der Waals surface area (Å²) in [4.78, 5) is 2.56. The molecule has 0 amide bonds. The zero-order valence-corrected chi connectivity index (χ0v) is 12.3. The third kappa shape index (κ3) is 4.44. The normalized spacial score (nSPS) is 29.1. The Hall–Kier alpha value is -0.120. The highest BCUT2D eigenvalue weighted by Crippen LogP contribution is 2.36. The number of nitrogens with zero attached hydrogens (tertiary/aromatic N) is 1. The number of hydrogen-bond donors (Lipinski definition) is 2. The number of hydrogen-bond acceptors (Lipinski definition) is 3. The van der Waals surface area contributed by atoms with Crippen molar-refractivity contribution >= 4 is 0 Å². The third-order valence-corrected chi connectivity index (χ3v) is 5.20. The molecule has 0 aromatic carbocycles. The van der Waals surface area contributed by atoms with Crippen molar-refractivity contribution in [3.8, 4) is 0 Å². The van der Waals surface area contributed by atoms with E-state index in [2.05, 4.69) is 4.90 Å². The van der Waals surface area contributed by atoms with Crippen LogP contribution in [-0.4, -0.2) is 48.0 Å². The van der Waals surface area contributed by atoms with Crippen molar-refractivity contribution in [2.24, 2.45) is 11.3 Å². The van der Waals surface area contributed by atoms with E-state index in [4.69, 9.17) is 5.11 Å². The maximum Gasteiger partial charge on any atom is 0.0499 e. The van der Waals surface area contributed by atoms with E-state index in [0.717, 1.165) is 19.5 Å². The van der Waals surface area contributed by atoms with Gasteiger partial charge in [0.25, 0.3) is 0 Å². The fraction of sp³-hybridized carbons (Fsp3) is 1.00. The molecule has 1 atom stereocenters. The predicted octanol–water partition coefficient (Wildman–Crippen LogP) is 2.41. The summed E-state index contributed by atoms with van der Waals surface area (Å²) in [7, 11) is 0. The molecule has 1 aliphatic heterocycles. The van der Waals surface area contributed by atoms with Gasteiger partial charge in [-0.1, -0.05) is 25.7 Å². The second-order valence-corrected chi connectivity index (χ2v) is 6.83. The van der Waals surface area contributed by atoms with Crippen LogP contribution in [0.15, 0.2) is 0 Å². The Bertz CT molecular complexity index is 247. The molecule has 112 valence electrons. The van der Waals surface area contributed by atoms with E-state index in [1.807, 2.05) is 0 Å². The van der Waals surface area contributed by atoms with Crippen molar-refractivity contribution in [3.63, 3.8) is 0 Å². The Kier molecular flexibility index (Phi) is 6.11. The van der Waals surface area contributed by atoms with Crippen LogP contribution in [0.5, 0.6) is 0 Å². The fourth-order valence-electron chi connectivity index (χ4n) is 4.03. The summed E-state index contributed by atoms with van der Waals surface area (Å²) in [6.07, 6.45) is 11.1. The molecule has 1 unspecified atom stereocenters. The lowest BCUT2D eigenvalue weighted by atomic mass is 9.80. The fourth-order valence-corrected chi connectivity index (χ4v) is 4.03. The molecule has 1 saturated heterocycles. The Morgan fingerprint density at radius 1 is 1.00 bits per heavy atom. The van der Waals surface area contributed by atoms with Gasteiger partial charge in [-0.05, 0) is 44.6 Å². The van der Waals surface area contributed by atoms with Crippen LogP contribution in [0.25, 0.3) is 0 Å². The average molecular weight is 269 g/mol.